The van der Waals surface area contributed by atoms with Gasteiger partial charge in [-0.3, -0.25) is 9.69 Å². The minimum atomic E-state index is -0.296. The van der Waals surface area contributed by atoms with Crippen molar-refractivity contribution in [3.8, 4) is 0 Å². The maximum atomic E-state index is 13.1. The average Bonchev–Trinajstić information content (AvgIpc) is 2.69. The van der Waals surface area contributed by atoms with E-state index in [9.17, 15) is 14.7 Å². The number of urea groups is 1. The number of aliphatic hydroxyl groups is 1. The molecule has 28 heavy (non-hydrogen) atoms. The van der Waals surface area contributed by atoms with Gasteiger partial charge in [-0.05, 0) is 23.8 Å². The standard InChI is InChI=1S/C21H22ClN3O3/c1-2-19(27)25-17-11-24(21(28)23-15-9-5-4-8-14(15)22)16-10-6-3-7-13(16)20(17)18(25)12-26/h3-10,17-18,20,26H,2,11-12H2,1H3,(H,23,28)/t17-,18+,20+/m0/s1. The third-order valence-corrected chi connectivity index (χ3v) is 5.97. The molecule has 0 saturated carbocycles. The molecule has 2 heterocycles. The van der Waals surface area contributed by atoms with E-state index in [1.165, 1.54) is 0 Å². The SMILES string of the molecule is CCC(=O)N1[C@H](CO)[C@@H]2c3ccccc3N(C(=O)Nc3ccccc3Cl)C[C@@H]21. The second-order valence-corrected chi connectivity index (χ2v) is 7.48. The molecule has 0 bridgehead atoms. The number of nitrogens with one attached hydrogen (secondary N) is 1. The van der Waals surface area contributed by atoms with Gasteiger partial charge in [0.25, 0.3) is 0 Å². The first kappa shape index (κ1) is 18.8. The molecule has 1 saturated heterocycles. The second kappa shape index (κ2) is 7.45. The molecule has 2 aliphatic rings. The highest BCUT2D eigenvalue weighted by Crippen LogP contribution is 2.48. The lowest BCUT2D eigenvalue weighted by Gasteiger charge is -2.58. The van der Waals surface area contributed by atoms with Crippen LogP contribution in [0.4, 0.5) is 16.2 Å². The number of likely N-dealkylation sites (tertiary alicyclic amines) is 1. The van der Waals surface area contributed by atoms with E-state index in [-0.39, 0.29) is 36.5 Å². The zero-order valence-corrected chi connectivity index (χ0v) is 16.3. The first-order valence-electron chi connectivity index (χ1n) is 9.40. The van der Waals surface area contributed by atoms with Gasteiger partial charge in [-0.15, -0.1) is 0 Å². The third kappa shape index (κ3) is 2.93. The van der Waals surface area contributed by atoms with Crippen molar-refractivity contribution >= 4 is 34.9 Å². The Hall–Kier alpha value is -2.57. The van der Waals surface area contributed by atoms with Gasteiger partial charge >= 0.3 is 6.03 Å². The summed E-state index contributed by atoms with van der Waals surface area (Å²) in [7, 11) is 0. The van der Waals surface area contributed by atoms with Gasteiger partial charge in [0.1, 0.15) is 0 Å². The number of rotatable bonds is 3. The van der Waals surface area contributed by atoms with Gasteiger partial charge in [0.05, 0.1) is 29.4 Å². The first-order chi connectivity index (χ1) is 13.6. The van der Waals surface area contributed by atoms with Crippen molar-refractivity contribution in [2.75, 3.05) is 23.4 Å². The van der Waals surface area contributed by atoms with Crippen LogP contribution in [0, 0.1) is 0 Å². The topological polar surface area (TPSA) is 72.9 Å². The maximum Gasteiger partial charge on any atom is 0.326 e. The lowest BCUT2D eigenvalue weighted by Crippen LogP contribution is -2.70. The number of anilines is 2. The molecule has 7 heteroatoms. The molecule has 1 fully saturated rings. The van der Waals surface area contributed by atoms with E-state index in [0.717, 1.165) is 11.3 Å². The van der Waals surface area contributed by atoms with Crippen molar-refractivity contribution in [1.29, 1.82) is 0 Å². The van der Waals surface area contributed by atoms with Crippen molar-refractivity contribution in [1.82, 2.24) is 4.90 Å². The quantitative estimate of drug-likeness (QED) is 0.830. The number of para-hydroxylation sites is 2. The van der Waals surface area contributed by atoms with Gasteiger partial charge in [0.2, 0.25) is 5.91 Å². The molecule has 2 aromatic rings. The van der Waals surface area contributed by atoms with E-state index < -0.39 is 0 Å². The molecule has 0 radical (unpaired) electrons. The molecular weight excluding hydrogens is 378 g/mol. The fourth-order valence-corrected chi connectivity index (χ4v) is 4.54. The van der Waals surface area contributed by atoms with Crippen LogP contribution in [0.15, 0.2) is 48.5 Å². The zero-order valence-electron chi connectivity index (χ0n) is 15.5. The molecule has 0 aromatic heterocycles. The second-order valence-electron chi connectivity index (χ2n) is 7.08. The summed E-state index contributed by atoms with van der Waals surface area (Å²) in [5.74, 6) is 0.0206. The van der Waals surface area contributed by atoms with E-state index in [2.05, 4.69) is 5.32 Å². The Bertz CT molecular complexity index is 919. The van der Waals surface area contributed by atoms with E-state index in [0.29, 0.717) is 23.7 Å². The molecule has 2 aromatic carbocycles. The van der Waals surface area contributed by atoms with Crippen LogP contribution in [0.1, 0.15) is 24.8 Å². The molecule has 0 unspecified atom stereocenters. The number of aliphatic hydroxyl groups excluding tert-OH is 1. The van der Waals surface area contributed by atoms with Crippen LogP contribution in [0.5, 0.6) is 0 Å². The average molecular weight is 400 g/mol. The largest absolute Gasteiger partial charge is 0.394 e. The van der Waals surface area contributed by atoms with Crippen LogP contribution in [-0.2, 0) is 4.79 Å². The highest BCUT2D eigenvalue weighted by atomic mass is 35.5. The number of benzene rings is 2. The van der Waals surface area contributed by atoms with Gasteiger partial charge in [0, 0.05) is 24.6 Å². The molecular formula is C21H22ClN3O3. The monoisotopic (exact) mass is 399 g/mol. The van der Waals surface area contributed by atoms with Gasteiger partial charge in [-0.1, -0.05) is 48.9 Å². The minimum absolute atomic E-state index is 0.00820. The summed E-state index contributed by atoms with van der Waals surface area (Å²) < 4.78 is 0. The van der Waals surface area contributed by atoms with Crippen molar-refractivity contribution in [2.24, 2.45) is 0 Å². The number of carbonyl (C=O) groups excluding carboxylic acids is 2. The van der Waals surface area contributed by atoms with Crippen molar-refractivity contribution in [2.45, 2.75) is 31.3 Å². The number of carbonyl (C=O) groups is 2. The Morgan fingerprint density at radius 2 is 1.89 bits per heavy atom. The number of hydrogen-bond donors (Lipinski definition) is 2. The number of halogens is 1. The molecule has 0 spiro atoms. The van der Waals surface area contributed by atoms with E-state index in [1.54, 1.807) is 34.1 Å². The number of fused-ring (bicyclic) bond motifs is 3. The van der Waals surface area contributed by atoms with E-state index in [4.69, 9.17) is 11.6 Å². The Labute approximate surface area is 168 Å². The summed E-state index contributed by atoms with van der Waals surface area (Å²) in [5, 5.41) is 13.2. The summed E-state index contributed by atoms with van der Waals surface area (Å²) in [6.45, 7) is 2.09. The summed E-state index contributed by atoms with van der Waals surface area (Å²) >= 11 is 6.18. The molecule has 3 atom stereocenters. The lowest BCUT2D eigenvalue weighted by molar-refractivity contribution is -0.149. The van der Waals surface area contributed by atoms with Crippen LogP contribution in [0.3, 0.4) is 0 Å². The fraction of sp³-hybridized carbons (Fsp3) is 0.333. The molecule has 6 nitrogen and oxygen atoms in total. The molecule has 0 aliphatic carbocycles. The van der Waals surface area contributed by atoms with E-state index >= 15 is 0 Å². The van der Waals surface area contributed by atoms with Crippen LogP contribution >= 0.6 is 11.6 Å². The fourth-order valence-electron chi connectivity index (χ4n) is 4.36. The smallest absolute Gasteiger partial charge is 0.326 e. The van der Waals surface area contributed by atoms with Gasteiger partial charge < -0.3 is 15.3 Å². The van der Waals surface area contributed by atoms with E-state index in [1.807, 2.05) is 31.2 Å². The van der Waals surface area contributed by atoms with Gasteiger partial charge in [-0.2, -0.15) is 0 Å². The highest BCUT2D eigenvalue weighted by Gasteiger charge is 2.54. The zero-order chi connectivity index (χ0) is 19.8. The van der Waals surface area contributed by atoms with Gasteiger partial charge in [0.15, 0.2) is 0 Å². The first-order valence-corrected chi connectivity index (χ1v) is 9.78. The van der Waals surface area contributed by atoms with Crippen LogP contribution in [0.25, 0.3) is 0 Å². The molecule has 3 amide bonds. The van der Waals surface area contributed by atoms with Gasteiger partial charge in [-0.25, -0.2) is 4.79 Å². The number of nitrogens with zero attached hydrogens (tertiary/aromatic N) is 2. The molecule has 146 valence electrons. The van der Waals surface area contributed by atoms with Crippen molar-refractivity contribution < 1.29 is 14.7 Å². The predicted octanol–water partition coefficient (Wildman–Crippen LogP) is 3.46. The summed E-state index contributed by atoms with van der Waals surface area (Å²) in [6.07, 6.45) is 0.368. The lowest BCUT2D eigenvalue weighted by atomic mass is 9.72. The summed E-state index contributed by atoms with van der Waals surface area (Å²) in [4.78, 5) is 28.9. The van der Waals surface area contributed by atoms with Crippen molar-refractivity contribution in [3.63, 3.8) is 0 Å². The molecule has 2 N–H and O–H groups in total. The Morgan fingerprint density at radius 3 is 2.61 bits per heavy atom. The minimum Gasteiger partial charge on any atom is -0.394 e. The van der Waals surface area contributed by atoms with Crippen LogP contribution in [0.2, 0.25) is 5.02 Å². The Balaban J connectivity index is 1.67. The number of amides is 3. The normalized spacial score (nSPS) is 22.8. The third-order valence-electron chi connectivity index (χ3n) is 5.64. The van der Waals surface area contributed by atoms with Crippen molar-refractivity contribution in [3.05, 3.63) is 59.1 Å². The predicted molar refractivity (Wildman–Crippen MR) is 109 cm³/mol. The summed E-state index contributed by atoms with van der Waals surface area (Å²) in [5.41, 5.74) is 2.32. The molecule has 2 aliphatic heterocycles. The van der Waals surface area contributed by atoms with Crippen LogP contribution in [-0.4, -0.2) is 47.2 Å². The Morgan fingerprint density at radius 1 is 1.18 bits per heavy atom. The van der Waals surface area contributed by atoms with Crippen LogP contribution < -0.4 is 10.2 Å². The Kier molecular flexibility index (Phi) is 5.00. The molecule has 4 rings (SSSR count). The maximum absolute atomic E-state index is 13.1. The number of hydrogen-bond acceptors (Lipinski definition) is 3. The summed E-state index contributed by atoms with van der Waals surface area (Å²) in [6, 6.07) is 14.1. The highest BCUT2D eigenvalue weighted by molar-refractivity contribution is 6.33.